The van der Waals surface area contributed by atoms with Crippen LogP contribution in [0.15, 0.2) is 48.5 Å². The number of hydrogen-bond donors (Lipinski definition) is 1. The zero-order valence-corrected chi connectivity index (χ0v) is 13.2. The van der Waals surface area contributed by atoms with Gasteiger partial charge in [-0.3, -0.25) is 0 Å². The van der Waals surface area contributed by atoms with Crippen LogP contribution in [-0.2, 0) is 10.9 Å². The Balaban J connectivity index is 1.99. The van der Waals surface area contributed by atoms with Gasteiger partial charge in [0.05, 0.1) is 6.61 Å². The molecule has 0 saturated carbocycles. The molecule has 1 heterocycles. The van der Waals surface area contributed by atoms with Crippen molar-refractivity contribution in [2.24, 2.45) is 0 Å². The fourth-order valence-electron chi connectivity index (χ4n) is 2.76. The van der Waals surface area contributed by atoms with E-state index in [4.69, 9.17) is 9.47 Å². The summed E-state index contributed by atoms with van der Waals surface area (Å²) in [7, 11) is 0. The zero-order valence-electron chi connectivity index (χ0n) is 13.2. The van der Waals surface area contributed by atoms with E-state index in [1.54, 1.807) is 30.3 Å². The Morgan fingerprint density at radius 3 is 2.48 bits per heavy atom. The first-order valence-corrected chi connectivity index (χ1v) is 7.86. The van der Waals surface area contributed by atoms with Crippen molar-refractivity contribution in [2.45, 2.75) is 18.4 Å². The maximum absolute atomic E-state index is 14.1. The van der Waals surface area contributed by atoms with Crippen LogP contribution < -0.4 is 10.1 Å². The topological polar surface area (TPSA) is 30.5 Å². The van der Waals surface area contributed by atoms with Gasteiger partial charge in [-0.25, -0.2) is 4.39 Å². The van der Waals surface area contributed by atoms with Crippen LogP contribution in [0.1, 0.15) is 17.2 Å². The van der Waals surface area contributed by atoms with Crippen LogP contribution in [0.2, 0.25) is 0 Å². The molecule has 1 fully saturated rings. The molecule has 0 aromatic heterocycles. The lowest BCUT2D eigenvalue weighted by atomic mass is 10.0. The van der Waals surface area contributed by atoms with Crippen molar-refractivity contribution in [3.8, 4) is 5.75 Å². The number of halogens is 4. The molecule has 0 radical (unpaired) electrons. The number of ether oxygens (including phenoxy) is 2. The van der Waals surface area contributed by atoms with Crippen molar-refractivity contribution in [3.63, 3.8) is 0 Å². The third-order valence-corrected chi connectivity index (χ3v) is 3.94. The zero-order chi connectivity index (χ0) is 17.9. The van der Waals surface area contributed by atoms with Gasteiger partial charge in [-0.1, -0.05) is 36.4 Å². The van der Waals surface area contributed by atoms with Crippen molar-refractivity contribution in [1.82, 2.24) is 5.32 Å². The fraction of sp³-hybridized carbons (Fsp3) is 0.333. The maximum atomic E-state index is 14.1. The van der Waals surface area contributed by atoms with E-state index in [2.05, 4.69) is 5.32 Å². The Morgan fingerprint density at radius 2 is 1.84 bits per heavy atom. The molecule has 134 valence electrons. The summed E-state index contributed by atoms with van der Waals surface area (Å²) in [6.45, 7) is 1.45. The number of morpholine rings is 1. The largest absolute Gasteiger partial charge is 0.479 e. The minimum Gasteiger partial charge on any atom is -0.479 e. The van der Waals surface area contributed by atoms with Crippen LogP contribution in [0.25, 0.3) is 0 Å². The van der Waals surface area contributed by atoms with E-state index in [9.17, 15) is 17.6 Å². The van der Waals surface area contributed by atoms with Gasteiger partial charge in [0.1, 0.15) is 11.7 Å². The maximum Gasteiger partial charge on any atom is 0.420 e. The number of rotatable bonds is 4. The molecular weight excluding hydrogens is 338 g/mol. The lowest BCUT2D eigenvalue weighted by molar-refractivity contribution is -0.140. The number of benzene rings is 2. The second-order valence-corrected chi connectivity index (χ2v) is 5.68. The van der Waals surface area contributed by atoms with Gasteiger partial charge in [-0.2, -0.15) is 13.2 Å². The van der Waals surface area contributed by atoms with Gasteiger partial charge < -0.3 is 14.8 Å². The molecule has 0 spiro atoms. The predicted octanol–water partition coefficient (Wildman–Crippen LogP) is 3.95. The van der Waals surface area contributed by atoms with Crippen LogP contribution in [-0.4, -0.2) is 25.8 Å². The third-order valence-electron chi connectivity index (χ3n) is 3.94. The van der Waals surface area contributed by atoms with Crippen LogP contribution in [0.5, 0.6) is 5.75 Å². The molecule has 0 amide bonds. The van der Waals surface area contributed by atoms with Crippen molar-refractivity contribution in [3.05, 3.63) is 65.5 Å². The molecule has 7 heteroatoms. The molecule has 25 heavy (non-hydrogen) atoms. The molecule has 2 atom stereocenters. The van der Waals surface area contributed by atoms with E-state index < -0.39 is 35.5 Å². The molecule has 1 aliphatic heterocycles. The minimum atomic E-state index is -4.72. The molecule has 1 aliphatic rings. The van der Waals surface area contributed by atoms with Gasteiger partial charge in [0.15, 0.2) is 17.7 Å². The lowest BCUT2D eigenvalue weighted by Crippen LogP contribution is -2.43. The average Bonchev–Trinajstić information content (AvgIpc) is 2.61. The molecular formula is C18H17F4NO2. The number of nitrogens with one attached hydrogen (secondary N) is 1. The van der Waals surface area contributed by atoms with Crippen molar-refractivity contribution < 1.29 is 27.0 Å². The number of hydrogen-bond acceptors (Lipinski definition) is 3. The Bertz CT molecular complexity index is 700. The smallest absolute Gasteiger partial charge is 0.420 e. The molecule has 1 saturated heterocycles. The fourth-order valence-corrected chi connectivity index (χ4v) is 2.76. The van der Waals surface area contributed by atoms with Crippen LogP contribution in [0, 0.1) is 5.82 Å². The monoisotopic (exact) mass is 355 g/mol. The van der Waals surface area contributed by atoms with Crippen molar-refractivity contribution in [2.75, 3.05) is 19.7 Å². The molecule has 2 aromatic rings. The van der Waals surface area contributed by atoms with Gasteiger partial charge in [0.25, 0.3) is 0 Å². The third kappa shape index (κ3) is 4.11. The normalized spacial score (nSPS) is 19.4. The number of para-hydroxylation sites is 1. The second-order valence-electron chi connectivity index (χ2n) is 5.68. The summed E-state index contributed by atoms with van der Waals surface area (Å²) in [4.78, 5) is 0. The highest BCUT2D eigenvalue weighted by atomic mass is 19.4. The summed E-state index contributed by atoms with van der Waals surface area (Å²) in [5.41, 5.74) is -0.523. The first kappa shape index (κ1) is 17.7. The summed E-state index contributed by atoms with van der Waals surface area (Å²) in [5, 5.41) is 3.11. The van der Waals surface area contributed by atoms with Crippen LogP contribution >= 0.6 is 0 Å². The van der Waals surface area contributed by atoms with Crippen molar-refractivity contribution in [1.29, 1.82) is 0 Å². The van der Waals surface area contributed by atoms with E-state index in [1.807, 2.05) is 0 Å². The Kier molecular flexibility index (Phi) is 5.24. The van der Waals surface area contributed by atoms with Gasteiger partial charge in [0, 0.05) is 13.1 Å². The first-order chi connectivity index (χ1) is 12.0. The SMILES string of the molecule is Fc1cccc(C(F)(F)F)c1O[C@@H](c1ccccc1)[C@@H]1CNCCO1. The summed E-state index contributed by atoms with van der Waals surface area (Å²) >= 11 is 0. The second kappa shape index (κ2) is 7.41. The predicted molar refractivity (Wildman–Crippen MR) is 83.8 cm³/mol. The molecule has 1 N–H and O–H groups in total. The molecule has 0 bridgehead atoms. The first-order valence-electron chi connectivity index (χ1n) is 7.86. The van der Waals surface area contributed by atoms with E-state index >= 15 is 0 Å². The summed E-state index contributed by atoms with van der Waals surface area (Å²) < 4.78 is 65.1. The highest BCUT2D eigenvalue weighted by Gasteiger charge is 2.38. The molecule has 3 rings (SSSR count). The van der Waals surface area contributed by atoms with Gasteiger partial charge in [-0.15, -0.1) is 0 Å². The van der Waals surface area contributed by atoms with E-state index in [-0.39, 0.29) is 0 Å². The highest BCUT2D eigenvalue weighted by Crippen LogP contribution is 2.40. The lowest BCUT2D eigenvalue weighted by Gasteiger charge is -2.32. The molecule has 2 aromatic carbocycles. The Hall–Kier alpha value is -2.12. The van der Waals surface area contributed by atoms with E-state index in [1.165, 1.54) is 0 Å². The molecule has 0 unspecified atom stereocenters. The Labute approximate surface area is 142 Å². The average molecular weight is 355 g/mol. The summed E-state index contributed by atoms with van der Waals surface area (Å²) in [6, 6.07) is 11.5. The van der Waals surface area contributed by atoms with Crippen molar-refractivity contribution >= 4 is 0 Å². The minimum absolute atomic E-state index is 0.398. The summed E-state index contributed by atoms with van der Waals surface area (Å²) in [6.07, 6.45) is -6.12. The number of alkyl halides is 3. The van der Waals surface area contributed by atoms with Gasteiger partial charge >= 0.3 is 6.18 Å². The van der Waals surface area contributed by atoms with Crippen LogP contribution in [0.3, 0.4) is 0 Å². The standard InChI is InChI=1S/C18H17F4NO2/c19-14-8-4-7-13(18(20,21)22)17(14)25-16(12-5-2-1-3-6-12)15-11-23-9-10-24-15/h1-8,15-16,23H,9-11H2/t15-,16-/m0/s1. The van der Waals surface area contributed by atoms with Gasteiger partial charge in [-0.05, 0) is 17.7 Å². The quantitative estimate of drug-likeness (QED) is 0.843. The highest BCUT2D eigenvalue weighted by molar-refractivity contribution is 5.38. The Morgan fingerprint density at radius 1 is 1.08 bits per heavy atom. The summed E-state index contributed by atoms with van der Waals surface area (Å²) in [5.74, 6) is -1.86. The molecule has 0 aliphatic carbocycles. The van der Waals surface area contributed by atoms with Gasteiger partial charge in [0.2, 0.25) is 0 Å². The van der Waals surface area contributed by atoms with Crippen LogP contribution in [0.4, 0.5) is 17.6 Å². The molecule has 3 nitrogen and oxygen atoms in total. The van der Waals surface area contributed by atoms with E-state index in [0.29, 0.717) is 25.3 Å². The van der Waals surface area contributed by atoms with E-state index in [0.717, 1.165) is 18.2 Å².